The number of aryl methyl sites for hydroxylation is 2. The minimum atomic E-state index is 0.324. The molecule has 0 aliphatic heterocycles. The normalized spacial score (nSPS) is 13.2. The Morgan fingerprint density at radius 2 is 2.23 bits per heavy atom. The van der Waals surface area contributed by atoms with E-state index >= 15 is 0 Å². The summed E-state index contributed by atoms with van der Waals surface area (Å²) in [4.78, 5) is 1.50. The van der Waals surface area contributed by atoms with Crippen molar-refractivity contribution in [2.45, 2.75) is 33.1 Å². The van der Waals surface area contributed by atoms with Crippen LogP contribution >= 0.6 is 11.3 Å². The van der Waals surface area contributed by atoms with E-state index in [4.69, 9.17) is 5.11 Å². The summed E-state index contributed by atoms with van der Waals surface area (Å²) in [6.07, 6.45) is 3.30. The molecule has 1 N–H and O–H groups in total. The van der Waals surface area contributed by atoms with Crippen LogP contribution in [0, 0.1) is 12.8 Å². The lowest BCUT2D eigenvalue weighted by Gasteiger charge is -2.08. The van der Waals surface area contributed by atoms with E-state index < -0.39 is 0 Å². The van der Waals surface area contributed by atoms with Gasteiger partial charge < -0.3 is 5.11 Å². The average Bonchev–Trinajstić information content (AvgIpc) is 2.48. The maximum atomic E-state index is 8.75. The van der Waals surface area contributed by atoms with Gasteiger partial charge >= 0.3 is 0 Å². The van der Waals surface area contributed by atoms with Crippen molar-refractivity contribution in [2.75, 3.05) is 6.61 Å². The predicted molar refractivity (Wildman–Crippen MR) is 58.2 cm³/mol. The van der Waals surface area contributed by atoms with Gasteiger partial charge in [0.15, 0.2) is 0 Å². The molecule has 0 radical (unpaired) electrons. The summed E-state index contributed by atoms with van der Waals surface area (Å²) in [6.45, 7) is 4.70. The van der Waals surface area contributed by atoms with Crippen LogP contribution in [0.2, 0.25) is 0 Å². The zero-order chi connectivity index (χ0) is 9.68. The lowest BCUT2D eigenvalue weighted by molar-refractivity contribution is 0.258. The van der Waals surface area contributed by atoms with Gasteiger partial charge in [-0.2, -0.15) is 0 Å². The summed E-state index contributed by atoms with van der Waals surface area (Å²) in [7, 11) is 0. The third kappa shape index (κ3) is 3.49. The van der Waals surface area contributed by atoms with Crippen molar-refractivity contribution >= 4 is 11.3 Å². The second-order valence-corrected chi connectivity index (χ2v) is 4.68. The molecule has 13 heavy (non-hydrogen) atoms. The number of thiophene rings is 1. The summed E-state index contributed by atoms with van der Waals surface area (Å²) in [5, 5.41) is 10.9. The van der Waals surface area contributed by atoms with Crippen LogP contribution in [0.5, 0.6) is 0 Å². The highest BCUT2D eigenvalue weighted by Gasteiger charge is 2.04. The maximum absolute atomic E-state index is 8.75. The van der Waals surface area contributed by atoms with Crippen molar-refractivity contribution in [2.24, 2.45) is 5.92 Å². The molecule has 0 saturated heterocycles. The molecular weight excluding hydrogens is 180 g/mol. The summed E-state index contributed by atoms with van der Waals surface area (Å²) in [5.41, 5.74) is 1.42. The van der Waals surface area contributed by atoms with Crippen molar-refractivity contribution in [3.05, 3.63) is 21.9 Å². The van der Waals surface area contributed by atoms with Crippen molar-refractivity contribution < 1.29 is 5.11 Å². The molecule has 1 aromatic rings. The van der Waals surface area contributed by atoms with Crippen molar-refractivity contribution in [1.29, 1.82) is 0 Å². The third-order valence-electron chi connectivity index (χ3n) is 2.45. The molecule has 1 atom stereocenters. The molecule has 1 nitrogen and oxygen atoms in total. The highest BCUT2D eigenvalue weighted by Crippen LogP contribution is 2.20. The van der Waals surface area contributed by atoms with E-state index in [0.29, 0.717) is 12.5 Å². The fourth-order valence-electron chi connectivity index (χ4n) is 1.40. The Bertz CT molecular complexity index is 242. The first-order valence-corrected chi connectivity index (χ1v) is 5.76. The Labute approximate surface area is 84.4 Å². The molecule has 0 bridgehead atoms. The third-order valence-corrected chi connectivity index (χ3v) is 3.54. The standard InChI is InChI=1S/C11H18OS/c1-9(5-7-12)3-4-11-10(2)6-8-13-11/h6,8-9,12H,3-5,7H2,1-2H3. The van der Waals surface area contributed by atoms with Gasteiger partial charge in [-0.1, -0.05) is 6.92 Å². The van der Waals surface area contributed by atoms with E-state index in [1.807, 2.05) is 11.3 Å². The van der Waals surface area contributed by atoms with Gasteiger partial charge in [-0.3, -0.25) is 0 Å². The van der Waals surface area contributed by atoms with Crippen molar-refractivity contribution in [1.82, 2.24) is 0 Å². The fraction of sp³-hybridized carbons (Fsp3) is 0.636. The van der Waals surface area contributed by atoms with Crippen LogP contribution in [-0.2, 0) is 6.42 Å². The number of hydrogen-bond acceptors (Lipinski definition) is 2. The van der Waals surface area contributed by atoms with Crippen LogP contribution in [0.1, 0.15) is 30.2 Å². The molecule has 1 aromatic heterocycles. The molecule has 0 aliphatic carbocycles. The highest BCUT2D eigenvalue weighted by molar-refractivity contribution is 7.10. The molecule has 1 unspecified atom stereocenters. The molecule has 1 rings (SSSR count). The Hall–Kier alpha value is -0.340. The van der Waals surface area contributed by atoms with E-state index in [0.717, 1.165) is 6.42 Å². The van der Waals surface area contributed by atoms with Crippen LogP contribution in [0.3, 0.4) is 0 Å². The van der Waals surface area contributed by atoms with Crippen LogP contribution in [-0.4, -0.2) is 11.7 Å². The van der Waals surface area contributed by atoms with Crippen LogP contribution in [0.4, 0.5) is 0 Å². The lowest BCUT2D eigenvalue weighted by atomic mass is 10.0. The molecule has 0 spiro atoms. The van der Waals surface area contributed by atoms with Gasteiger partial charge in [0, 0.05) is 11.5 Å². The summed E-state index contributed by atoms with van der Waals surface area (Å²) < 4.78 is 0. The predicted octanol–water partition coefficient (Wildman–Crippen LogP) is 3.01. The van der Waals surface area contributed by atoms with E-state index in [-0.39, 0.29) is 0 Å². The Kier molecular flexibility index (Phi) is 4.46. The topological polar surface area (TPSA) is 20.2 Å². The van der Waals surface area contributed by atoms with Crippen LogP contribution in [0.15, 0.2) is 11.4 Å². The van der Waals surface area contributed by atoms with E-state index in [2.05, 4.69) is 25.3 Å². The zero-order valence-corrected chi connectivity index (χ0v) is 9.23. The van der Waals surface area contributed by atoms with Crippen molar-refractivity contribution in [3.8, 4) is 0 Å². The molecule has 0 fully saturated rings. The Morgan fingerprint density at radius 3 is 2.77 bits per heavy atom. The average molecular weight is 198 g/mol. The largest absolute Gasteiger partial charge is 0.396 e. The van der Waals surface area contributed by atoms with Gasteiger partial charge in [-0.15, -0.1) is 11.3 Å². The zero-order valence-electron chi connectivity index (χ0n) is 8.42. The summed E-state index contributed by atoms with van der Waals surface area (Å²) >= 11 is 1.85. The molecular formula is C11H18OS. The molecule has 0 aliphatic rings. The molecule has 2 heteroatoms. The fourth-order valence-corrected chi connectivity index (χ4v) is 2.33. The van der Waals surface area contributed by atoms with E-state index in [9.17, 15) is 0 Å². The Balaban J connectivity index is 2.30. The number of aliphatic hydroxyl groups excluding tert-OH is 1. The number of aliphatic hydroxyl groups is 1. The van der Waals surface area contributed by atoms with Gasteiger partial charge in [0.1, 0.15) is 0 Å². The number of hydrogen-bond donors (Lipinski definition) is 1. The monoisotopic (exact) mass is 198 g/mol. The van der Waals surface area contributed by atoms with Crippen molar-refractivity contribution in [3.63, 3.8) is 0 Å². The lowest BCUT2D eigenvalue weighted by Crippen LogP contribution is -1.99. The van der Waals surface area contributed by atoms with Crippen LogP contribution in [0.25, 0.3) is 0 Å². The van der Waals surface area contributed by atoms with Gasteiger partial charge in [-0.05, 0) is 49.1 Å². The van der Waals surface area contributed by atoms with Gasteiger partial charge in [0.25, 0.3) is 0 Å². The molecule has 0 amide bonds. The van der Waals surface area contributed by atoms with E-state index in [1.54, 1.807) is 0 Å². The second kappa shape index (κ2) is 5.40. The molecule has 0 saturated carbocycles. The molecule has 0 aromatic carbocycles. The summed E-state index contributed by atoms with van der Waals surface area (Å²) in [5.74, 6) is 0.645. The minimum Gasteiger partial charge on any atom is -0.396 e. The van der Waals surface area contributed by atoms with E-state index in [1.165, 1.54) is 23.3 Å². The highest BCUT2D eigenvalue weighted by atomic mass is 32.1. The quantitative estimate of drug-likeness (QED) is 0.771. The first kappa shape index (κ1) is 10.7. The SMILES string of the molecule is Cc1ccsc1CCC(C)CCO. The minimum absolute atomic E-state index is 0.324. The smallest absolute Gasteiger partial charge is 0.0433 e. The van der Waals surface area contributed by atoms with Gasteiger partial charge in [0.2, 0.25) is 0 Å². The van der Waals surface area contributed by atoms with Gasteiger partial charge in [-0.25, -0.2) is 0 Å². The van der Waals surface area contributed by atoms with Crippen LogP contribution < -0.4 is 0 Å². The maximum Gasteiger partial charge on any atom is 0.0433 e. The first-order chi connectivity index (χ1) is 6.24. The second-order valence-electron chi connectivity index (χ2n) is 3.68. The first-order valence-electron chi connectivity index (χ1n) is 4.88. The molecule has 74 valence electrons. The molecule has 1 heterocycles. The Morgan fingerprint density at radius 1 is 1.46 bits per heavy atom. The number of rotatable bonds is 5. The van der Waals surface area contributed by atoms with Gasteiger partial charge in [0.05, 0.1) is 0 Å². The summed E-state index contributed by atoms with van der Waals surface area (Å²) in [6, 6.07) is 2.18.